The van der Waals surface area contributed by atoms with Crippen molar-refractivity contribution in [1.29, 1.82) is 0 Å². The summed E-state index contributed by atoms with van der Waals surface area (Å²) in [6, 6.07) is 0. The van der Waals surface area contributed by atoms with Crippen LogP contribution in [-0.4, -0.2) is 42.5 Å². The monoisotopic (exact) mass is 243 g/mol. The van der Waals surface area contributed by atoms with E-state index in [1.165, 1.54) is 0 Å². The highest BCUT2D eigenvalue weighted by molar-refractivity contribution is 7.94. The molecule has 1 aliphatic rings. The largest absolute Gasteiger partial charge is 0.586 e. The zero-order valence-electron chi connectivity index (χ0n) is 7.75. The molecule has 1 aliphatic heterocycles. The van der Waals surface area contributed by atoms with Gasteiger partial charge >= 0.3 is 0 Å². The van der Waals surface area contributed by atoms with Gasteiger partial charge < -0.3 is 5.21 Å². The molecule has 0 aromatic heterocycles. The van der Waals surface area contributed by atoms with E-state index < -0.39 is 14.3 Å². The lowest BCUT2D eigenvalue weighted by molar-refractivity contribution is -0.952. The molecule has 0 spiro atoms. The van der Waals surface area contributed by atoms with Gasteiger partial charge in [-0.15, -0.1) is 0 Å². The third-order valence-corrected chi connectivity index (χ3v) is 3.49. The van der Waals surface area contributed by atoms with E-state index in [-0.39, 0.29) is 18.4 Å². The Kier molecular flexibility index (Phi) is 3.78. The van der Waals surface area contributed by atoms with E-state index in [2.05, 4.69) is 4.18 Å². The van der Waals surface area contributed by atoms with Crippen molar-refractivity contribution in [3.63, 3.8) is 0 Å². The van der Waals surface area contributed by atoms with E-state index in [4.69, 9.17) is 5.21 Å². The molecule has 2 atom stereocenters. The molecule has 8 heteroatoms. The molecule has 1 rings (SSSR count). The predicted molar refractivity (Wildman–Crippen MR) is 51.7 cm³/mol. The number of hydrogen-bond donors (Lipinski definition) is 1. The lowest BCUT2D eigenvalue weighted by atomic mass is 10.2. The molecule has 0 radical (unpaired) electrons. The van der Waals surface area contributed by atoms with Crippen LogP contribution in [0.3, 0.4) is 0 Å². The van der Waals surface area contributed by atoms with Gasteiger partial charge in [-0.2, -0.15) is 12.6 Å². The Morgan fingerprint density at radius 3 is 2.86 bits per heavy atom. The lowest BCUT2D eigenvalue weighted by Crippen LogP contribution is -2.39. The van der Waals surface area contributed by atoms with Crippen molar-refractivity contribution in [2.24, 2.45) is 0 Å². The number of hydrogen-bond acceptors (Lipinski definition) is 6. The number of quaternary nitrogens is 1. The van der Waals surface area contributed by atoms with E-state index in [0.29, 0.717) is 12.8 Å². The van der Waals surface area contributed by atoms with E-state index in [0.717, 1.165) is 18.2 Å². The van der Waals surface area contributed by atoms with Crippen molar-refractivity contribution in [3.8, 4) is 0 Å². The van der Waals surface area contributed by atoms with E-state index >= 15 is 0 Å². The molecule has 1 saturated heterocycles. The topological polar surface area (TPSA) is 86.7 Å². The molecule has 0 bridgehead atoms. The van der Waals surface area contributed by atoms with E-state index in [1.54, 1.807) is 0 Å². The fraction of sp³-hybridized carbons (Fsp3) is 1.00. The van der Waals surface area contributed by atoms with Gasteiger partial charge in [0.25, 0.3) is 10.1 Å². The van der Waals surface area contributed by atoms with Gasteiger partial charge in [0.2, 0.25) is 0 Å². The molecule has 6 nitrogen and oxygen atoms in total. The Hall–Kier alpha value is 0.140. The predicted octanol–water partition coefficient (Wildman–Crippen LogP) is 0.477. The molecular formula is C6H13NO5S2. The summed E-state index contributed by atoms with van der Waals surface area (Å²) in [5, 5.41) is 20.0. The first kappa shape index (κ1) is 12.2. The van der Waals surface area contributed by atoms with Crippen LogP contribution >= 0.6 is 11.9 Å². The van der Waals surface area contributed by atoms with Crippen LogP contribution in [0.1, 0.15) is 12.8 Å². The summed E-state index contributed by atoms with van der Waals surface area (Å²) >= 11 is 0.777. The highest BCUT2D eigenvalue weighted by atomic mass is 32.2. The molecule has 0 aliphatic carbocycles. The Morgan fingerprint density at radius 1 is 1.71 bits per heavy atom. The minimum atomic E-state index is -3.46. The van der Waals surface area contributed by atoms with Crippen LogP contribution in [0.25, 0.3) is 0 Å². The van der Waals surface area contributed by atoms with Gasteiger partial charge in [-0.1, -0.05) is 0 Å². The molecule has 1 fully saturated rings. The van der Waals surface area contributed by atoms with Gasteiger partial charge in [0.1, 0.15) is 18.5 Å². The van der Waals surface area contributed by atoms with Crippen LogP contribution < -0.4 is 0 Å². The first-order valence-corrected chi connectivity index (χ1v) is 6.78. The summed E-state index contributed by atoms with van der Waals surface area (Å²) in [7, 11) is -3.46. The zero-order chi connectivity index (χ0) is 10.8. The maximum absolute atomic E-state index is 11.1. The lowest BCUT2D eigenvalue weighted by Gasteiger charge is -2.37. The van der Waals surface area contributed by atoms with Gasteiger partial charge in [-0.25, -0.2) is 5.21 Å². The normalized spacial score (nSPS) is 34.4. The molecule has 84 valence electrons. The molecule has 0 aromatic carbocycles. The van der Waals surface area contributed by atoms with Gasteiger partial charge in [0, 0.05) is 6.42 Å². The Labute approximate surface area is 87.2 Å². The van der Waals surface area contributed by atoms with Crippen LogP contribution in [0.5, 0.6) is 0 Å². The minimum Gasteiger partial charge on any atom is -0.586 e. The van der Waals surface area contributed by atoms with Crippen molar-refractivity contribution >= 4 is 22.1 Å². The molecule has 0 amide bonds. The summed E-state index contributed by atoms with van der Waals surface area (Å²) in [5.74, 6) is 0. The maximum atomic E-state index is 11.1. The summed E-state index contributed by atoms with van der Waals surface area (Å²) in [5.41, 5.74) is 0. The third-order valence-electron chi connectivity index (χ3n) is 1.75. The van der Waals surface area contributed by atoms with Crippen LogP contribution in [0.15, 0.2) is 0 Å². The molecule has 2 unspecified atom stereocenters. The van der Waals surface area contributed by atoms with Crippen LogP contribution in [0.4, 0.5) is 0 Å². The smallest absolute Gasteiger partial charge is 0.264 e. The third kappa shape index (κ3) is 4.58. The minimum absolute atomic E-state index is 0.0493. The fourth-order valence-electron chi connectivity index (χ4n) is 1.17. The van der Waals surface area contributed by atoms with E-state index in [1.807, 2.05) is 0 Å². The highest BCUT2D eigenvalue weighted by Crippen LogP contribution is 2.32. The van der Waals surface area contributed by atoms with Crippen molar-refractivity contribution in [2.45, 2.75) is 18.1 Å². The van der Waals surface area contributed by atoms with Crippen molar-refractivity contribution in [3.05, 3.63) is 5.21 Å². The highest BCUT2D eigenvalue weighted by Gasteiger charge is 2.30. The average Bonchev–Trinajstić information content (AvgIpc) is 1.98. The maximum Gasteiger partial charge on any atom is 0.264 e. The Morgan fingerprint density at radius 2 is 2.36 bits per heavy atom. The first-order valence-electron chi connectivity index (χ1n) is 4.13. The van der Waals surface area contributed by atoms with Crippen LogP contribution in [0, 0.1) is 5.21 Å². The zero-order valence-corrected chi connectivity index (χ0v) is 9.38. The fourth-order valence-corrected chi connectivity index (χ4v) is 2.77. The Balaban J connectivity index is 2.39. The van der Waals surface area contributed by atoms with Crippen molar-refractivity contribution in [2.75, 3.05) is 19.4 Å². The van der Waals surface area contributed by atoms with Gasteiger partial charge in [-0.3, -0.25) is 4.18 Å². The quantitative estimate of drug-likeness (QED) is 0.336. The SMILES string of the molecule is CS(=O)(=O)OCC1CCC[N+]([O-])(O)S1. The molecular weight excluding hydrogens is 230 g/mol. The number of nitrogens with zero attached hydrogens (tertiary/aromatic N) is 1. The second-order valence-electron chi connectivity index (χ2n) is 3.22. The summed E-state index contributed by atoms with van der Waals surface area (Å²) in [6.45, 7) is 0.0896. The van der Waals surface area contributed by atoms with Crippen LogP contribution in [0.2, 0.25) is 0 Å². The molecule has 0 aromatic rings. The summed E-state index contributed by atoms with van der Waals surface area (Å²) < 4.78 is 24.5. The van der Waals surface area contributed by atoms with Crippen LogP contribution in [-0.2, 0) is 14.3 Å². The molecule has 1 N–H and O–H groups in total. The van der Waals surface area contributed by atoms with Gasteiger partial charge in [-0.05, 0) is 6.42 Å². The van der Waals surface area contributed by atoms with E-state index in [9.17, 15) is 13.6 Å². The second kappa shape index (κ2) is 4.33. The second-order valence-corrected chi connectivity index (χ2v) is 6.31. The summed E-state index contributed by atoms with van der Waals surface area (Å²) in [4.78, 5) is 0. The van der Waals surface area contributed by atoms with Crippen molar-refractivity contribution in [1.82, 2.24) is 0 Å². The molecule has 14 heavy (non-hydrogen) atoms. The first-order chi connectivity index (χ1) is 6.29. The van der Waals surface area contributed by atoms with Gasteiger partial charge in [0.15, 0.2) is 0 Å². The van der Waals surface area contributed by atoms with Gasteiger partial charge in [0.05, 0.1) is 18.1 Å². The molecule has 0 saturated carbocycles. The van der Waals surface area contributed by atoms with Crippen molar-refractivity contribution < 1.29 is 22.0 Å². The standard InChI is InChI=1S/C6H13NO5S2/c1-14(10,11)12-5-6-3-2-4-7(8,9)13-6/h6,8H,2-5H2,1H3. The number of rotatable bonds is 3. The number of hydroxylamine groups is 2. The molecule has 1 heterocycles. The average molecular weight is 243 g/mol. The summed E-state index contributed by atoms with van der Waals surface area (Å²) in [6.07, 6.45) is 2.21. The Bertz CT molecular complexity index is 289.